The summed E-state index contributed by atoms with van der Waals surface area (Å²) in [5.74, 6) is 0. The Hall–Kier alpha value is -1.99. The lowest BCUT2D eigenvalue weighted by Crippen LogP contribution is -2.50. The van der Waals surface area contributed by atoms with Crippen molar-refractivity contribution in [3.05, 3.63) is 45.0 Å². The lowest BCUT2D eigenvalue weighted by Gasteiger charge is -2.35. The maximum absolute atomic E-state index is 11.8. The second kappa shape index (κ2) is 6.02. The summed E-state index contributed by atoms with van der Waals surface area (Å²) in [5.41, 5.74) is 7.00. The number of primary amides is 1. The van der Waals surface area contributed by atoms with Crippen molar-refractivity contribution in [1.82, 2.24) is 8.86 Å². The second-order valence-electron chi connectivity index (χ2n) is 5.00. The smallest absolute Gasteiger partial charge is 0.314 e. The first kappa shape index (κ1) is 14.9. The molecule has 1 aromatic heterocycles. The van der Waals surface area contributed by atoms with Gasteiger partial charge in [0.05, 0.1) is 5.69 Å². The van der Waals surface area contributed by atoms with Gasteiger partial charge in [0.2, 0.25) is 0 Å². The van der Waals surface area contributed by atoms with Gasteiger partial charge in [-0.25, -0.2) is 8.75 Å². The van der Waals surface area contributed by atoms with Crippen LogP contribution in [0.5, 0.6) is 0 Å². The van der Waals surface area contributed by atoms with E-state index in [1.54, 1.807) is 8.86 Å². The van der Waals surface area contributed by atoms with Gasteiger partial charge in [0.15, 0.2) is 0 Å². The predicted octanol–water partition coefficient (Wildman–Crippen LogP) is 1.75. The minimum Gasteiger partial charge on any atom is -0.368 e. The fourth-order valence-corrected chi connectivity index (χ4v) is 3.48. The van der Waals surface area contributed by atoms with Crippen LogP contribution in [0.25, 0.3) is 5.69 Å². The van der Waals surface area contributed by atoms with Gasteiger partial charge < -0.3 is 15.5 Å². The number of hydrogen-bond acceptors (Lipinski definition) is 4. The molecule has 0 spiro atoms. The summed E-state index contributed by atoms with van der Waals surface area (Å²) in [4.78, 5) is 26.7. The Morgan fingerprint density at radius 1 is 1.09 bits per heavy atom. The summed E-state index contributed by atoms with van der Waals surface area (Å²) in [7, 11) is 0. The second-order valence-corrected chi connectivity index (χ2v) is 6.62. The van der Waals surface area contributed by atoms with E-state index in [0.29, 0.717) is 17.4 Å². The van der Waals surface area contributed by atoms with Crippen LogP contribution in [-0.2, 0) is 0 Å². The number of carbonyl (C=O) groups is 1. The quantitative estimate of drug-likeness (QED) is 0.906. The van der Waals surface area contributed by atoms with Crippen LogP contribution in [0.2, 0.25) is 4.34 Å². The number of halogens is 1. The van der Waals surface area contributed by atoms with E-state index >= 15 is 0 Å². The van der Waals surface area contributed by atoms with Gasteiger partial charge in [-0.3, -0.25) is 4.79 Å². The Labute approximate surface area is 136 Å². The average molecular weight is 339 g/mol. The molecule has 0 aliphatic carbocycles. The minimum atomic E-state index is -0.371. The Morgan fingerprint density at radius 2 is 1.68 bits per heavy atom. The molecular weight excluding hydrogens is 324 g/mol. The van der Waals surface area contributed by atoms with Gasteiger partial charge in [0, 0.05) is 37.9 Å². The SMILES string of the molecule is NC(=O)N1CCN(c2ccc(-n3sc(Cl)cc3=O)cc2)CC1. The van der Waals surface area contributed by atoms with Crippen LogP contribution in [0, 0.1) is 0 Å². The van der Waals surface area contributed by atoms with E-state index in [9.17, 15) is 9.59 Å². The predicted molar refractivity (Wildman–Crippen MR) is 88.3 cm³/mol. The largest absolute Gasteiger partial charge is 0.368 e. The molecule has 8 heteroatoms. The first-order valence-corrected chi connectivity index (χ1v) is 7.98. The summed E-state index contributed by atoms with van der Waals surface area (Å²) in [6.07, 6.45) is 0. The molecule has 2 heterocycles. The maximum Gasteiger partial charge on any atom is 0.314 e. The number of urea groups is 1. The van der Waals surface area contributed by atoms with Crippen molar-refractivity contribution >= 4 is 34.9 Å². The summed E-state index contributed by atoms with van der Waals surface area (Å²) in [6.45, 7) is 2.73. The third kappa shape index (κ3) is 2.95. The fourth-order valence-electron chi connectivity index (χ4n) is 2.48. The van der Waals surface area contributed by atoms with Crippen molar-refractivity contribution in [2.45, 2.75) is 0 Å². The van der Waals surface area contributed by atoms with Crippen molar-refractivity contribution in [3.63, 3.8) is 0 Å². The van der Waals surface area contributed by atoms with Gasteiger partial charge in [0.1, 0.15) is 4.34 Å². The van der Waals surface area contributed by atoms with E-state index in [2.05, 4.69) is 4.90 Å². The molecule has 2 N–H and O–H groups in total. The molecule has 1 aliphatic heterocycles. The molecule has 0 bridgehead atoms. The molecule has 0 atom stereocenters. The molecule has 6 nitrogen and oxygen atoms in total. The molecule has 0 unspecified atom stereocenters. The van der Waals surface area contributed by atoms with Crippen LogP contribution in [0.1, 0.15) is 0 Å². The van der Waals surface area contributed by atoms with Crippen LogP contribution < -0.4 is 16.2 Å². The molecule has 0 radical (unpaired) electrons. The number of piperazine rings is 1. The van der Waals surface area contributed by atoms with E-state index < -0.39 is 0 Å². The number of anilines is 1. The highest BCUT2D eigenvalue weighted by Gasteiger charge is 2.19. The highest BCUT2D eigenvalue weighted by molar-refractivity contribution is 7.11. The van der Waals surface area contributed by atoms with Gasteiger partial charge in [-0.1, -0.05) is 11.6 Å². The summed E-state index contributed by atoms with van der Waals surface area (Å²) >= 11 is 7.07. The van der Waals surface area contributed by atoms with Crippen molar-refractivity contribution < 1.29 is 4.79 Å². The highest BCUT2D eigenvalue weighted by atomic mass is 35.5. The van der Waals surface area contributed by atoms with E-state index in [4.69, 9.17) is 17.3 Å². The number of rotatable bonds is 2. The zero-order chi connectivity index (χ0) is 15.7. The normalized spacial score (nSPS) is 15.1. The number of hydrogen-bond donors (Lipinski definition) is 1. The number of amides is 2. The molecule has 1 fully saturated rings. The van der Waals surface area contributed by atoms with Gasteiger partial charge in [-0.15, -0.1) is 0 Å². The molecule has 116 valence electrons. The van der Waals surface area contributed by atoms with Crippen LogP contribution in [-0.4, -0.2) is 41.1 Å². The number of aromatic nitrogens is 1. The van der Waals surface area contributed by atoms with Gasteiger partial charge in [-0.05, 0) is 35.8 Å². The maximum atomic E-state index is 11.8. The van der Waals surface area contributed by atoms with E-state index in [1.807, 2.05) is 24.3 Å². The Morgan fingerprint density at radius 3 is 2.18 bits per heavy atom. The van der Waals surface area contributed by atoms with Crippen LogP contribution in [0.3, 0.4) is 0 Å². The third-order valence-corrected chi connectivity index (χ3v) is 4.84. The van der Waals surface area contributed by atoms with Gasteiger partial charge in [-0.2, -0.15) is 0 Å². The zero-order valence-electron chi connectivity index (χ0n) is 11.7. The highest BCUT2D eigenvalue weighted by Crippen LogP contribution is 2.21. The molecule has 1 aliphatic rings. The first-order valence-electron chi connectivity index (χ1n) is 6.83. The lowest BCUT2D eigenvalue weighted by atomic mass is 10.2. The number of nitrogens with zero attached hydrogens (tertiary/aromatic N) is 3. The van der Waals surface area contributed by atoms with Crippen LogP contribution in [0.15, 0.2) is 35.1 Å². The number of carbonyl (C=O) groups excluding carboxylic acids is 1. The van der Waals surface area contributed by atoms with Crippen molar-refractivity contribution in [2.24, 2.45) is 5.73 Å². The zero-order valence-corrected chi connectivity index (χ0v) is 13.3. The van der Waals surface area contributed by atoms with Crippen molar-refractivity contribution in [2.75, 3.05) is 31.1 Å². The standard InChI is InChI=1S/C14H15ClN4O2S/c15-12-9-13(20)19(22-12)11-3-1-10(2-4-11)17-5-7-18(8-6-17)14(16)21/h1-4,9H,5-8H2,(H2,16,21). The van der Waals surface area contributed by atoms with Crippen molar-refractivity contribution in [3.8, 4) is 5.69 Å². The molecule has 2 amide bonds. The van der Waals surface area contributed by atoms with Crippen LogP contribution in [0.4, 0.5) is 10.5 Å². The molecular formula is C14H15ClN4O2S. The average Bonchev–Trinajstić information content (AvgIpc) is 2.86. The van der Waals surface area contributed by atoms with E-state index in [0.717, 1.165) is 24.5 Å². The first-order chi connectivity index (χ1) is 10.5. The van der Waals surface area contributed by atoms with Gasteiger partial charge >= 0.3 is 6.03 Å². The van der Waals surface area contributed by atoms with E-state index in [1.165, 1.54) is 17.6 Å². The minimum absolute atomic E-state index is 0.127. The molecule has 1 aromatic carbocycles. The van der Waals surface area contributed by atoms with E-state index in [-0.39, 0.29) is 11.6 Å². The monoisotopic (exact) mass is 338 g/mol. The molecule has 0 saturated carbocycles. The summed E-state index contributed by atoms with van der Waals surface area (Å²) < 4.78 is 2.02. The summed E-state index contributed by atoms with van der Waals surface area (Å²) in [5, 5.41) is 0. The fraction of sp³-hybridized carbons (Fsp3) is 0.286. The molecule has 22 heavy (non-hydrogen) atoms. The Kier molecular flexibility index (Phi) is 4.08. The van der Waals surface area contributed by atoms with Crippen molar-refractivity contribution in [1.29, 1.82) is 0 Å². The molecule has 2 aromatic rings. The Balaban J connectivity index is 1.74. The molecule has 3 rings (SSSR count). The third-order valence-electron chi connectivity index (χ3n) is 3.66. The lowest BCUT2D eigenvalue weighted by molar-refractivity contribution is 0.204. The number of nitrogens with two attached hydrogens (primary N) is 1. The number of benzene rings is 1. The Bertz CT molecular complexity index is 732. The molecule has 1 saturated heterocycles. The topological polar surface area (TPSA) is 71.6 Å². The van der Waals surface area contributed by atoms with Crippen LogP contribution >= 0.6 is 23.1 Å². The van der Waals surface area contributed by atoms with Gasteiger partial charge in [0.25, 0.3) is 5.56 Å². The summed E-state index contributed by atoms with van der Waals surface area (Å²) in [6, 6.07) is 8.76.